The second-order valence-corrected chi connectivity index (χ2v) is 7.57. The third-order valence-corrected chi connectivity index (χ3v) is 5.50. The lowest BCUT2D eigenvalue weighted by Gasteiger charge is -2.11. The number of halogens is 3. The Kier molecular flexibility index (Phi) is 5.66. The average molecular weight is 444 g/mol. The smallest absolute Gasteiger partial charge is 0.352 e. The van der Waals surface area contributed by atoms with Gasteiger partial charge in [0.05, 0.1) is 15.6 Å². The van der Waals surface area contributed by atoms with Crippen LogP contribution in [0.15, 0.2) is 66.7 Å². The molecule has 4 nitrogen and oxygen atoms in total. The summed E-state index contributed by atoms with van der Waals surface area (Å²) in [6.45, 7) is 0.407. The maximum Gasteiger partial charge on any atom is 0.352 e. The molecule has 4 rings (SSSR count). The van der Waals surface area contributed by atoms with Gasteiger partial charge in [-0.2, -0.15) is 0 Å². The zero-order valence-electron chi connectivity index (χ0n) is 15.6. The minimum absolute atomic E-state index is 0.0322. The SMILES string of the molecule is O=C(O)c1cc2c(F)c(OCc3ccccc3)ccc2n1Cc1ccc(Cl)c(Cl)c1. The van der Waals surface area contributed by atoms with Crippen molar-refractivity contribution >= 4 is 40.1 Å². The summed E-state index contributed by atoms with van der Waals surface area (Å²) in [5.41, 5.74) is 2.06. The normalized spacial score (nSPS) is 11.0. The molecular formula is C23H16Cl2FNO3. The van der Waals surface area contributed by atoms with E-state index in [1.165, 1.54) is 16.7 Å². The second kappa shape index (κ2) is 8.38. The zero-order chi connectivity index (χ0) is 21.3. The molecule has 0 atom stereocenters. The number of carboxylic acids is 1. The molecule has 0 aliphatic carbocycles. The Balaban J connectivity index is 1.71. The van der Waals surface area contributed by atoms with Crippen LogP contribution in [0.3, 0.4) is 0 Å². The van der Waals surface area contributed by atoms with Crippen molar-refractivity contribution < 1.29 is 19.0 Å². The van der Waals surface area contributed by atoms with E-state index in [2.05, 4.69) is 0 Å². The molecule has 1 aromatic heterocycles. The van der Waals surface area contributed by atoms with E-state index in [4.69, 9.17) is 27.9 Å². The van der Waals surface area contributed by atoms with Crippen molar-refractivity contribution in [3.8, 4) is 5.75 Å². The van der Waals surface area contributed by atoms with Gasteiger partial charge in [-0.05, 0) is 41.5 Å². The highest BCUT2D eigenvalue weighted by Gasteiger charge is 2.20. The summed E-state index contributed by atoms with van der Waals surface area (Å²) in [6.07, 6.45) is 0. The number of hydrogen-bond donors (Lipinski definition) is 1. The fourth-order valence-corrected chi connectivity index (χ4v) is 3.62. The Morgan fingerprint density at radius 2 is 1.73 bits per heavy atom. The van der Waals surface area contributed by atoms with Crippen LogP contribution in [0, 0.1) is 5.82 Å². The number of carboxylic acid groups (broad SMARTS) is 1. The molecule has 0 bridgehead atoms. The summed E-state index contributed by atoms with van der Waals surface area (Å²) in [5, 5.41) is 10.6. The Hall–Kier alpha value is -3.02. The third kappa shape index (κ3) is 3.99. The number of carbonyl (C=O) groups is 1. The molecule has 0 aliphatic rings. The first-order valence-electron chi connectivity index (χ1n) is 9.09. The monoisotopic (exact) mass is 443 g/mol. The lowest BCUT2D eigenvalue weighted by Crippen LogP contribution is -2.09. The standard InChI is InChI=1S/C23H16Cl2FNO3/c24-17-7-6-15(10-18(17)25)12-27-19-8-9-21(30-13-14-4-2-1-3-5-14)22(26)16(19)11-20(27)23(28)29/h1-11H,12-13H2,(H,28,29). The van der Waals surface area contributed by atoms with Crippen LogP contribution in [0.4, 0.5) is 4.39 Å². The van der Waals surface area contributed by atoms with E-state index >= 15 is 4.39 Å². The summed E-state index contributed by atoms with van der Waals surface area (Å²) in [4.78, 5) is 11.8. The molecule has 0 fully saturated rings. The van der Waals surface area contributed by atoms with Crippen LogP contribution in [-0.2, 0) is 13.2 Å². The van der Waals surface area contributed by atoms with Crippen LogP contribution in [0.5, 0.6) is 5.75 Å². The van der Waals surface area contributed by atoms with E-state index in [0.717, 1.165) is 11.1 Å². The fraction of sp³-hybridized carbons (Fsp3) is 0.0870. The summed E-state index contributed by atoms with van der Waals surface area (Å²) in [6, 6.07) is 18.9. The fourth-order valence-electron chi connectivity index (χ4n) is 3.29. The van der Waals surface area contributed by atoms with Gasteiger partial charge in [-0.1, -0.05) is 59.6 Å². The number of nitrogens with zero attached hydrogens (tertiary/aromatic N) is 1. The van der Waals surface area contributed by atoms with Gasteiger partial charge in [0.25, 0.3) is 0 Å². The largest absolute Gasteiger partial charge is 0.486 e. The Morgan fingerprint density at radius 3 is 2.43 bits per heavy atom. The number of ether oxygens (including phenoxy) is 1. The molecule has 30 heavy (non-hydrogen) atoms. The van der Waals surface area contributed by atoms with Crippen LogP contribution in [0.2, 0.25) is 10.0 Å². The van der Waals surface area contributed by atoms with Gasteiger partial charge in [-0.25, -0.2) is 9.18 Å². The van der Waals surface area contributed by atoms with Gasteiger partial charge in [0, 0.05) is 11.9 Å². The third-order valence-electron chi connectivity index (χ3n) is 4.76. The Morgan fingerprint density at radius 1 is 0.967 bits per heavy atom. The maximum atomic E-state index is 15.1. The second-order valence-electron chi connectivity index (χ2n) is 6.75. The summed E-state index contributed by atoms with van der Waals surface area (Å²) in [5.74, 6) is -1.69. The van der Waals surface area contributed by atoms with E-state index in [1.54, 1.807) is 24.3 Å². The molecule has 1 heterocycles. The first-order chi connectivity index (χ1) is 14.4. The van der Waals surface area contributed by atoms with Crippen LogP contribution in [0.25, 0.3) is 10.9 Å². The van der Waals surface area contributed by atoms with Crippen molar-refractivity contribution in [2.24, 2.45) is 0 Å². The number of fused-ring (bicyclic) bond motifs is 1. The predicted octanol–water partition coefficient (Wildman–Crippen LogP) is 6.41. The van der Waals surface area contributed by atoms with Crippen LogP contribution in [-0.4, -0.2) is 15.6 Å². The van der Waals surface area contributed by atoms with Gasteiger partial charge >= 0.3 is 5.97 Å². The minimum atomic E-state index is -1.16. The van der Waals surface area contributed by atoms with Gasteiger partial charge in [-0.3, -0.25) is 0 Å². The molecule has 0 spiro atoms. The molecule has 1 N–H and O–H groups in total. The molecule has 0 amide bonds. The molecule has 152 valence electrons. The molecule has 0 saturated carbocycles. The lowest BCUT2D eigenvalue weighted by atomic mass is 10.2. The van der Waals surface area contributed by atoms with Gasteiger partial charge in [0.2, 0.25) is 0 Å². The molecule has 4 aromatic rings. The molecule has 7 heteroatoms. The van der Waals surface area contributed by atoms with Crippen molar-refractivity contribution in [2.75, 3.05) is 0 Å². The summed E-state index contributed by atoms with van der Waals surface area (Å²) in [7, 11) is 0. The Labute approximate surface area is 182 Å². The quantitative estimate of drug-likeness (QED) is 0.374. The van der Waals surface area contributed by atoms with Crippen molar-refractivity contribution in [3.63, 3.8) is 0 Å². The summed E-state index contributed by atoms with van der Waals surface area (Å²) >= 11 is 12.0. The maximum absolute atomic E-state index is 15.1. The van der Waals surface area contributed by atoms with E-state index in [9.17, 15) is 9.90 Å². The molecule has 0 unspecified atom stereocenters. The van der Waals surface area contributed by atoms with E-state index in [0.29, 0.717) is 15.6 Å². The number of rotatable bonds is 6. The average Bonchev–Trinajstić information content (AvgIpc) is 3.10. The highest BCUT2D eigenvalue weighted by molar-refractivity contribution is 6.42. The number of hydrogen-bond acceptors (Lipinski definition) is 2. The van der Waals surface area contributed by atoms with Crippen molar-refractivity contribution in [3.05, 3.63) is 99.4 Å². The zero-order valence-corrected chi connectivity index (χ0v) is 17.1. The molecule has 0 radical (unpaired) electrons. The molecule has 0 saturated heterocycles. The number of aromatic carboxylic acids is 1. The molecular weight excluding hydrogens is 428 g/mol. The predicted molar refractivity (Wildman–Crippen MR) is 115 cm³/mol. The van der Waals surface area contributed by atoms with Crippen molar-refractivity contribution in [2.45, 2.75) is 13.2 Å². The van der Waals surface area contributed by atoms with Crippen LogP contribution >= 0.6 is 23.2 Å². The number of aromatic nitrogens is 1. The number of benzene rings is 3. The molecule has 0 aliphatic heterocycles. The minimum Gasteiger partial charge on any atom is -0.486 e. The van der Waals surface area contributed by atoms with E-state index in [-0.39, 0.29) is 30.0 Å². The highest BCUT2D eigenvalue weighted by Crippen LogP contribution is 2.31. The van der Waals surface area contributed by atoms with Gasteiger partial charge in [-0.15, -0.1) is 0 Å². The molecule has 3 aromatic carbocycles. The Bertz CT molecular complexity index is 1240. The van der Waals surface area contributed by atoms with Gasteiger partial charge in [0.1, 0.15) is 12.3 Å². The van der Waals surface area contributed by atoms with Gasteiger partial charge < -0.3 is 14.4 Å². The highest BCUT2D eigenvalue weighted by atomic mass is 35.5. The van der Waals surface area contributed by atoms with Crippen LogP contribution in [0.1, 0.15) is 21.6 Å². The van der Waals surface area contributed by atoms with Crippen molar-refractivity contribution in [1.29, 1.82) is 0 Å². The summed E-state index contributed by atoms with van der Waals surface area (Å²) < 4.78 is 22.3. The van der Waals surface area contributed by atoms with Gasteiger partial charge in [0.15, 0.2) is 11.6 Å². The first-order valence-corrected chi connectivity index (χ1v) is 9.85. The topological polar surface area (TPSA) is 51.5 Å². The lowest BCUT2D eigenvalue weighted by molar-refractivity contribution is 0.0686. The first kappa shape index (κ1) is 20.3. The van der Waals surface area contributed by atoms with Crippen LogP contribution < -0.4 is 4.74 Å². The van der Waals surface area contributed by atoms with Crippen molar-refractivity contribution in [1.82, 2.24) is 4.57 Å². The van der Waals surface area contributed by atoms with E-state index < -0.39 is 11.8 Å². The van der Waals surface area contributed by atoms with E-state index in [1.807, 2.05) is 30.3 Å².